The normalized spacial score (nSPS) is 36.2. The smallest absolute Gasteiger partial charge is 0.111 e. The standard InChI is InChI=1S/C10H22NO/c1-9(2)4-6-11(12)7-5-10(3)8-11/h9-10,12H,4-8H2,1-3H3/q+1/t10-,11-/m1/s1. The predicted molar refractivity (Wildman–Crippen MR) is 49.9 cm³/mol. The molecular weight excluding hydrogens is 150 g/mol. The Balaban J connectivity index is 2.30. The molecule has 0 spiro atoms. The van der Waals surface area contributed by atoms with Crippen molar-refractivity contribution in [2.45, 2.75) is 33.6 Å². The Labute approximate surface area is 75.7 Å². The Morgan fingerprint density at radius 3 is 2.58 bits per heavy atom. The van der Waals surface area contributed by atoms with Crippen LogP contribution >= 0.6 is 0 Å². The van der Waals surface area contributed by atoms with Gasteiger partial charge in [0.25, 0.3) is 0 Å². The van der Waals surface area contributed by atoms with Gasteiger partial charge in [-0.05, 0) is 5.92 Å². The largest absolute Gasteiger partial charge is 0.217 e. The van der Waals surface area contributed by atoms with Gasteiger partial charge in [0, 0.05) is 18.8 Å². The summed E-state index contributed by atoms with van der Waals surface area (Å²) < 4.78 is 0.333. The Hall–Kier alpha value is -0.0800. The molecule has 1 fully saturated rings. The van der Waals surface area contributed by atoms with Crippen molar-refractivity contribution in [1.29, 1.82) is 0 Å². The van der Waals surface area contributed by atoms with Crippen molar-refractivity contribution in [1.82, 2.24) is 0 Å². The lowest BCUT2D eigenvalue weighted by molar-refractivity contribution is -1.09. The fraction of sp³-hybridized carbons (Fsp3) is 1.00. The van der Waals surface area contributed by atoms with E-state index in [0.29, 0.717) is 16.5 Å². The predicted octanol–water partition coefficient (Wildman–Crippen LogP) is 2.28. The molecule has 12 heavy (non-hydrogen) atoms. The molecule has 1 N–H and O–H groups in total. The minimum Gasteiger partial charge on any atom is -0.217 e. The van der Waals surface area contributed by atoms with Gasteiger partial charge >= 0.3 is 0 Å². The molecule has 0 unspecified atom stereocenters. The van der Waals surface area contributed by atoms with Crippen LogP contribution in [0, 0.1) is 11.8 Å². The number of rotatable bonds is 3. The first kappa shape index (κ1) is 10.0. The van der Waals surface area contributed by atoms with Crippen molar-refractivity contribution in [2.75, 3.05) is 19.6 Å². The maximum Gasteiger partial charge on any atom is 0.111 e. The van der Waals surface area contributed by atoms with Gasteiger partial charge in [-0.1, -0.05) is 20.8 Å². The van der Waals surface area contributed by atoms with Crippen molar-refractivity contribution in [2.24, 2.45) is 11.8 Å². The lowest BCUT2D eigenvalue weighted by atomic mass is 10.1. The number of nitrogens with zero attached hydrogens (tertiary/aromatic N) is 1. The van der Waals surface area contributed by atoms with Crippen LogP contribution in [-0.4, -0.2) is 29.5 Å². The van der Waals surface area contributed by atoms with Crippen molar-refractivity contribution in [3.8, 4) is 0 Å². The van der Waals surface area contributed by atoms with Crippen LogP contribution in [0.4, 0.5) is 0 Å². The summed E-state index contributed by atoms with van der Waals surface area (Å²) in [4.78, 5) is 0. The van der Waals surface area contributed by atoms with Gasteiger partial charge in [0.2, 0.25) is 0 Å². The lowest BCUT2D eigenvalue weighted by Crippen LogP contribution is -2.43. The van der Waals surface area contributed by atoms with Crippen LogP contribution in [0.1, 0.15) is 33.6 Å². The van der Waals surface area contributed by atoms with E-state index in [1.807, 2.05) is 0 Å². The van der Waals surface area contributed by atoms with Gasteiger partial charge in [0.05, 0.1) is 0 Å². The highest BCUT2D eigenvalue weighted by atomic mass is 16.5. The van der Waals surface area contributed by atoms with Crippen LogP contribution in [0.3, 0.4) is 0 Å². The summed E-state index contributed by atoms with van der Waals surface area (Å²) in [5, 5.41) is 10.0. The van der Waals surface area contributed by atoms with E-state index in [1.165, 1.54) is 6.42 Å². The van der Waals surface area contributed by atoms with Crippen LogP contribution in [0.25, 0.3) is 0 Å². The third-order valence-electron chi connectivity index (χ3n) is 2.81. The van der Waals surface area contributed by atoms with Gasteiger partial charge in [-0.15, -0.1) is 0 Å². The number of hydrogen-bond donors (Lipinski definition) is 1. The SMILES string of the molecule is CC(C)CC[N@@+]1(O)CC[C@@H](C)C1. The van der Waals surface area contributed by atoms with E-state index >= 15 is 0 Å². The average Bonchev–Trinajstić information content (AvgIpc) is 2.29. The molecule has 1 saturated heterocycles. The molecule has 0 aliphatic carbocycles. The van der Waals surface area contributed by atoms with E-state index in [-0.39, 0.29) is 0 Å². The summed E-state index contributed by atoms with van der Waals surface area (Å²) in [6, 6.07) is 0. The first-order valence-electron chi connectivity index (χ1n) is 5.11. The van der Waals surface area contributed by atoms with E-state index < -0.39 is 0 Å². The maximum atomic E-state index is 10.0. The van der Waals surface area contributed by atoms with Crippen molar-refractivity contribution in [3.05, 3.63) is 0 Å². The quantitative estimate of drug-likeness (QED) is 0.647. The minimum atomic E-state index is 0.333. The second kappa shape index (κ2) is 3.75. The Morgan fingerprint density at radius 2 is 2.17 bits per heavy atom. The molecular formula is C10H22NO+. The molecule has 72 valence electrons. The van der Waals surface area contributed by atoms with Gasteiger partial charge in [-0.2, -0.15) is 4.65 Å². The second-order valence-electron chi connectivity index (χ2n) is 4.80. The molecule has 0 radical (unpaired) electrons. The maximum absolute atomic E-state index is 10.0. The van der Waals surface area contributed by atoms with E-state index in [9.17, 15) is 5.21 Å². The molecule has 1 rings (SSSR count). The number of likely N-dealkylation sites (tertiary alicyclic amines) is 1. The molecule has 1 aliphatic rings. The Morgan fingerprint density at radius 1 is 1.50 bits per heavy atom. The summed E-state index contributed by atoms with van der Waals surface area (Å²) in [5.74, 6) is 1.42. The van der Waals surface area contributed by atoms with Gasteiger partial charge in [0.15, 0.2) is 0 Å². The van der Waals surface area contributed by atoms with Gasteiger partial charge in [0.1, 0.15) is 19.6 Å². The molecule has 2 nitrogen and oxygen atoms in total. The Kier molecular flexibility index (Phi) is 3.13. The fourth-order valence-electron chi connectivity index (χ4n) is 1.93. The molecule has 0 bridgehead atoms. The first-order valence-corrected chi connectivity index (χ1v) is 5.11. The Bertz CT molecular complexity index is 147. The lowest BCUT2D eigenvalue weighted by Gasteiger charge is -2.25. The van der Waals surface area contributed by atoms with E-state index in [0.717, 1.165) is 26.1 Å². The highest BCUT2D eigenvalue weighted by molar-refractivity contribution is 4.59. The first-order chi connectivity index (χ1) is 5.52. The summed E-state index contributed by atoms with van der Waals surface area (Å²) in [5.41, 5.74) is 0. The molecule has 0 aromatic heterocycles. The summed E-state index contributed by atoms with van der Waals surface area (Å²) in [6.07, 6.45) is 2.33. The van der Waals surface area contributed by atoms with Crippen LogP contribution in [0.5, 0.6) is 0 Å². The van der Waals surface area contributed by atoms with Crippen LogP contribution in [0.15, 0.2) is 0 Å². The van der Waals surface area contributed by atoms with Crippen molar-refractivity contribution in [3.63, 3.8) is 0 Å². The van der Waals surface area contributed by atoms with Crippen LogP contribution in [0.2, 0.25) is 0 Å². The highest BCUT2D eigenvalue weighted by Crippen LogP contribution is 2.22. The molecule has 2 heteroatoms. The molecule has 1 aliphatic heterocycles. The fourth-order valence-corrected chi connectivity index (χ4v) is 1.93. The van der Waals surface area contributed by atoms with Crippen LogP contribution < -0.4 is 0 Å². The minimum absolute atomic E-state index is 0.333. The molecule has 2 atom stereocenters. The second-order valence-corrected chi connectivity index (χ2v) is 4.80. The number of hydroxylamine groups is 3. The average molecular weight is 172 g/mol. The highest BCUT2D eigenvalue weighted by Gasteiger charge is 2.34. The molecule has 0 saturated carbocycles. The topological polar surface area (TPSA) is 20.2 Å². The van der Waals surface area contributed by atoms with E-state index in [1.54, 1.807) is 0 Å². The van der Waals surface area contributed by atoms with Crippen molar-refractivity contribution < 1.29 is 9.85 Å². The summed E-state index contributed by atoms with van der Waals surface area (Å²) in [7, 11) is 0. The third kappa shape index (κ3) is 2.76. The monoisotopic (exact) mass is 172 g/mol. The zero-order valence-electron chi connectivity index (χ0n) is 8.58. The van der Waals surface area contributed by atoms with Gasteiger partial charge in [-0.25, -0.2) is 5.21 Å². The van der Waals surface area contributed by atoms with Gasteiger partial charge < -0.3 is 0 Å². The van der Waals surface area contributed by atoms with Gasteiger partial charge in [-0.3, -0.25) is 0 Å². The molecule has 0 aromatic rings. The van der Waals surface area contributed by atoms with Crippen LogP contribution in [-0.2, 0) is 0 Å². The summed E-state index contributed by atoms with van der Waals surface area (Å²) in [6.45, 7) is 9.53. The summed E-state index contributed by atoms with van der Waals surface area (Å²) >= 11 is 0. The number of quaternary nitrogens is 1. The molecule has 0 aromatic carbocycles. The number of hydrogen-bond acceptors (Lipinski definition) is 1. The zero-order valence-corrected chi connectivity index (χ0v) is 8.58. The molecule has 0 amide bonds. The molecule has 1 heterocycles. The van der Waals surface area contributed by atoms with E-state index in [2.05, 4.69) is 20.8 Å². The van der Waals surface area contributed by atoms with Crippen molar-refractivity contribution >= 4 is 0 Å². The van der Waals surface area contributed by atoms with E-state index in [4.69, 9.17) is 0 Å². The third-order valence-corrected chi connectivity index (χ3v) is 2.81. The zero-order chi connectivity index (χ0) is 9.19.